The zero-order chi connectivity index (χ0) is 15.5. The largest absolute Gasteiger partial charge is 0.395 e. The van der Waals surface area contributed by atoms with E-state index < -0.39 is 6.04 Å². The Labute approximate surface area is 129 Å². The van der Waals surface area contributed by atoms with E-state index in [1.807, 2.05) is 0 Å². The van der Waals surface area contributed by atoms with E-state index in [-0.39, 0.29) is 30.4 Å². The van der Waals surface area contributed by atoms with Crippen molar-refractivity contribution in [2.45, 2.75) is 37.8 Å². The van der Waals surface area contributed by atoms with Crippen LogP contribution in [-0.4, -0.2) is 52.0 Å². The van der Waals surface area contributed by atoms with Crippen molar-refractivity contribution in [2.24, 2.45) is 5.92 Å². The number of rotatable bonds is 4. The van der Waals surface area contributed by atoms with Crippen LogP contribution in [0.1, 0.15) is 36.2 Å². The highest BCUT2D eigenvalue weighted by Gasteiger charge is 2.48. The molecule has 2 heterocycles. The van der Waals surface area contributed by atoms with Gasteiger partial charge < -0.3 is 15.3 Å². The minimum absolute atomic E-state index is 0.0458. The number of amides is 2. The van der Waals surface area contributed by atoms with Crippen LogP contribution in [-0.2, 0) is 4.79 Å². The highest BCUT2D eigenvalue weighted by atomic mass is 16.3. The second-order valence-corrected chi connectivity index (χ2v) is 5.94. The topological polar surface area (TPSA) is 82.5 Å². The van der Waals surface area contributed by atoms with Gasteiger partial charge in [0, 0.05) is 24.7 Å². The molecule has 1 aromatic rings. The Kier molecular flexibility index (Phi) is 4.38. The van der Waals surface area contributed by atoms with Crippen molar-refractivity contribution in [1.29, 1.82) is 0 Å². The summed E-state index contributed by atoms with van der Waals surface area (Å²) in [5.41, 5.74) is 0.322. The number of aliphatic hydroxyl groups excluding tert-OH is 1. The SMILES string of the molecule is O=C(N[C@H]1C(=O)N(CCO)[C@@H]2CCCC[C@@H]21)c1ccccn1. The van der Waals surface area contributed by atoms with E-state index in [9.17, 15) is 14.7 Å². The number of hydrogen-bond acceptors (Lipinski definition) is 4. The smallest absolute Gasteiger partial charge is 0.270 e. The summed E-state index contributed by atoms with van der Waals surface area (Å²) in [4.78, 5) is 30.7. The summed E-state index contributed by atoms with van der Waals surface area (Å²) in [5.74, 6) is -0.246. The zero-order valence-electron chi connectivity index (χ0n) is 12.4. The molecule has 0 radical (unpaired) electrons. The molecule has 1 saturated heterocycles. The summed E-state index contributed by atoms with van der Waals surface area (Å²) in [6.45, 7) is 0.297. The van der Waals surface area contributed by atoms with Gasteiger partial charge in [-0.15, -0.1) is 0 Å². The summed E-state index contributed by atoms with van der Waals surface area (Å²) in [7, 11) is 0. The van der Waals surface area contributed by atoms with Gasteiger partial charge in [0.05, 0.1) is 6.61 Å². The van der Waals surface area contributed by atoms with Gasteiger partial charge in [0.25, 0.3) is 5.91 Å². The first-order valence-electron chi connectivity index (χ1n) is 7.85. The van der Waals surface area contributed by atoms with E-state index in [4.69, 9.17) is 0 Å². The number of likely N-dealkylation sites (tertiary alicyclic amines) is 1. The van der Waals surface area contributed by atoms with Gasteiger partial charge in [0.15, 0.2) is 0 Å². The number of fused-ring (bicyclic) bond motifs is 1. The molecular formula is C16H21N3O3. The van der Waals surface area contributed by atoms with Crippen LogP contribution >= 0.6 is 0 Å². The van der Waals surface area contributed by atoms with Gasteiger partial charge in [-0.3, -0.25) is 14.6 Å². The Hall–Kier alpha value is -1.95. The molecule has 6 nitrogen and oxygen atoms in total. The van der Waals surface area contributed by atoms with Crippen LogP contribution in [0.15, 0.2) is 24.4 Å². The number of aromatic nitrogens is 1. The van der Waals surface area contributed by atoms with Gasteiger partial charge in [-0.05, 0) is 25.0 Å². The molecule has 2 fully saturated rings. The van der Waals surface area contributed by atoms with Crippen LogP contribution in [0.3, 0.4) is 0 Å². The van der Waals surface area contributed by atoms with Crippen molar-refractivity contribution in [2.75, 3.05) is 13.2 Å². The molecule has 1 aliphatic heterocycles. The van der Waals surface area contributed by atoms with E-state index in [0.717, 1.165) is 25.7 Å². The Morgan fingerprint density at radius 3 is 2.91 bits per heavy atom. The maximum Gasteiger partial charge on any atom is 0.270 e. The fraction of sp³-hybridized carbons (Fsp3) is 0.562. The van der Waals surface area contributed by atoms with Crippen LogP contribution in [0.25, 0.3) is 0 Å². The van der Waals surface area contributed by atoms with Crippen LogP contribution in [0.4, 0.5) is 0 Å². The van der Waals surface area contributed by atoms with Gasteiger partial charge in [-0.25, -0.2) is 0 Å². The van der Waals surface area contributed by atoms with Gasteiger partial charge in [-0.1, -0.05) is 18.9 Å². The highest BCUT2D eigenvalue weighted by molar-refractivity contribution is 5.97. The monoisotopic (exact) mass is 303 g/mol. The quantitative estimate of drug-likeness (QED) is 0.852. The van der Waals surface area contributed by atoms with Crippen molar-refractivity contribution in [3.05, 3.63) is 30.1 Å². The lowest BCUT2D eigenvalue weighted by molar-refractivity contribution is -0.131. The molecule has 0 bridgehead atoms. The molecule has 0 aromatic carbocycles. The van der Waals surface area contributed by atoms with Crippen molar-refractivity contribution in [1.82, 2.24) is 15.2 Å². The summed E-state index contributed by atoms with van der Waals surface area (Å²) >= 11 is 0. The Balaban J connectivity index is 1.77. The average molecular weight is 303 g/mol. The third-order valence-corrected chi connectivity index (χ3v) is 4.68. The number of nitrogens with one attached hydrogen (secondary N) is 1. The normalized spacial score (nSPS) is 27.6. The molecule has 1 saturated carbocycles. The molecule has 22 heavy (non-hydrogen) atoms. The first-order valence-corrected chi connectivity index (χ1v) is 7.85. The molecule has 0 unspecified atom stereocenters. The predicted octanol–water partition coefficient (Wildman–Crippen LogP) is 0.573. The second kappa shape index (κ2) is 6.44. The molecule has 118 valence electrons. The van der Waals surface area contributed by atoms with E-state index >= 15 is 0 Å². The number of nitrogens with zero attached hydrogens (tertiary/aromatic N) is 2. The molecule has 1 aliphatic carbocycles. The van der Waals surface area contributed by atoms with Crippen LogP contribution in [0, 0.1) is 5.92 Å². The minimum atomic E-state index is -0.494. The van der Waals surface area contributed by atoms with E-state index in [1.54, 1.807) is 29.3 Å². The molecular weight excluding hydrogens is 282 g/mol. The number of β-amino-alcohol motifs (C(OH)–C–C–N with tert-alkyl or cyclic N) is 1. The van der Waals surface area contributed by atoms with Gasteiger partial charge in [0.2, 0.25) is 5.91 Å². The third-order valence-electron chi connectivity index (χ3n) is 4.68. The maximum absolute atomic E-state index is 12.6. The average Bonchev–Trinajstić information content (AvgIpc) is 2.82. The molecule has 2 N–H and O–H groups in total. The maximum atomic E-state index is 12.6. The van der Waals surface area contributed by atoms with E-state index in [0.29, 0.717) is 12.2 Å². The minimum Gasteiger partial charge on any atom is -0.395 e. The lowest BCUT2D eigenvalue weighted by Gasteiger charge is -2.31. The summed E-state index contributed by atoms with van der Waals surface area (Å²) in [5, 5.41) is 12.0. The van der Waals surface area contributed by atoms with Crippen molar-refractivity contribution in [3.8, 4) is 0 Å². The highest BCUT2D eigenvalue weighted by Crippen LogP contribution is 2.37. The van der Waals surface area contributed by atoms with Gasteiger partial charge in [0.1, 0.15) is 11.7 Å². The number of carbonyl (C=O) groups is 2. The van der Waals surface area contributed by atoms with Gasteiger partial charge >= 0.3 is 0 Å². The second-order valence-electron chi connectivity index (χ2n) is 5.94. The summed E-state index contributed by atoms with van der Waals surface area (Å²) in [6.07, 6.45) is 5.62. The van der Waals surface area contributed by atoms with E-state index in [2.05, 4.69) is 10.3 Å². The summed E-state index contributed by atoms with van der Waals surface area (Å²) < 4.78 is 0. The molecule has 3 rings (SSSR count). The van der Waals surface area contributed by atoms with Gasteiger partial charge in [-0.2, -0.15) is 0 Å². The van der Waals surface area contributed by atoms with Crippen molar-refractivity contribution in [3.63, 3.8) is 0 Å². The molecule has 1 aromatic heterocycles. The lowest BCUT2D eigenvalue weighted by Crippen LogP contribution is -2.44. The van der Waals surface area contributed by atoms with Crippen molar-refractivity contribution < 1.29 is 14.7 Å². The first kappa shape index (κ1) is 15.0. The fourth-order valence-corrected chi connectivity index (χ4v) is 3.71. The third kappa shape index (κ3) is 2.70. The Morgan fingerprint density at radius 1 is 1.36 bits per heavy atom. The molecule has 2 aliphatic rings. The lowest BCUT2D eigenvalue weighted by atomic mass is 9.82. The first-order chi connectivity index (χ1) is 10.7. The molecule has 3 atom stereocenters. The van der Waals surface area contributed by atoms with E-state index in [1.165, 1.54) is 0 Å². The van der Waals surface area contributed by atoms with Crippen LogP contribution in [0.5, 0.6) is 0 Å². The standard InChI is InChI=1S/C16H21N3O3/c20-10-9-19-13-7-2-1-5-11(13)14(16(19)22)18-15(21)12-6-3-4-8-17-12/h3-4,6,8,11,13-14,20H,1-2,5,7,9-10H2,(H,18,21)/t11-,13+,14+/m0/s1. The Morgan fingerprint density at radius 2 is 2.18 bits per heavy atom. The Bertz CT molecular complexity index is 549. The number of pyridine rings is 1. The molecule has 6 heteroatoms. The number of aliphatic hydroxyl groups is 1. The molecule has 2 amide bonds. The van der Waals surface area contributed by atoms with Crippen LogP contribution < -0.4 is 5.32 Å². The molecule has 0 spiro atoms. The number of carbonyl (C=O) groups excluding carboxylic acids is 2. The number of hydrogen-bond donors (Lipinski definition) is 2. The summed E-state index contributed by atoms with van der Waals surface area (Å²) in [6, 6.07) is 4.78. The van der Waals surface area contributed by atoms with Crippen LogP contribution in [0.2, 0.25) is 0 Å². The van der Waals surface area contributed by atoms with Crippen molar-refractivity contribution >= 4 is 11.8 Å². The predicted molar refractivity (Wildman–Crippen MR) is 80.0 cm³/mol. The zero-order valence-corrected chi connectivity index (χ0v) is 12.4. The fourth-order valence-electron chi connectivity index (χ4n) is 3.71.